The first-order chi connectivity index (χ1) is 10.2. The summed E-state index contributed by atoms with van der Waals surface area (Å²) in [7, 11) is 0. The number of para-hydroxylation sites is 3. The second-order valence-corrected chi connectivity index (χ2v) is 4.33. The predicted octanol–water partition coefficient (Wildman–Crippen LogP) is 3.45. The minimum absolute atomic E-state index is 0.133. The molecule has 0 saturated heterocycles. The summed E-state index contributed by atoms with van der Waals surface area (Å²) in [6.45, 7) is 3.67. The van der Waals surface area contributed by atoms with E-state index in [0.717, 1.165) is 0 Å². The number of carbonyl (C=O) groups excluding carboxylic acids is 1. The molecule has 108 valence electrons. The van der Waals surface area contributed by atoms with Crippen LogP contribution in [0.3, 0.4) is 0 Å². The quantitative estimate of drug-likeness (QED) is 0.501. The lowest BCUT2D eigenvalue weighted by molar-refractivity contribution is -0.133. The number of phenols is 1. The molecule has 21 heavy (non-hydrogen) atoms. The van der Waals surface area contributed by atoms with E-state index >= 15 is 0 Å². The zero-order chi connectivity index (χ0) is 15.1. The Bertz CT molecular complexity index is 634. The highest BCUT2D eigenvalue weighted by molar-refractivity contribution is 5.74. The number of aromatic hydroxyl groups is 1. The first-order valence-corrected chi connectivity index (χ1v) is 6.51. The van der Waals surface area contributed by atoms with Gasteiger partial charge in [-0.15, -0.1) is 6.58 Å². The van der Waals surface area contributed by atoms with E-state index in [-0.39, 0.29) is 18.8 Å². The molecule has 4 heteroatoms. The Morgan fingerprint density at radius 3 is 2.48 bits per heavy atom. The maximum atomic E-state index is 11.5. The van der Waals surface area contributed by atoms with Crippen molar-refractivity contribution in [3.8, 4) is 17.2 Å². The van der Waals surface area contributed by atoms with Gasteiger partial charge in [-0.3, -0.25) is 4.79 Å². The molecule has 2 aromatic rings. The Morgan fingerprint density at radius 2 is 1.76 bits per heavy atom. The molecular weight excluding hydrogens is 268 g/mol. The average molecular weight is 284 g/mol. The Kier molecular flexibility index (Phi) is 4.99. The van der Waals surface area contributed by atoms with Gasteiger partial charge in [-0.1, -0.05) is 36.4 Å². The monoisotopic (exact) mass is 284 g/mol. The van der Waals surface area contributed by atoms with Gasteiger partial charge in [0.25, 0.3) is 0 Å². The summed E-state index contributed by atoms with van der Waals surface area (Å²) in [4.78, 5) is 11.5. The molecule has 1 N–H and O–H groups in total. The summed E-state index contributed by atoms with van der Waals surface area (Å²) in [6, 6.07) is 13.8. The van der Waals surface area contributed by atoms with E-state index in [0.29, 0.717) is 17.1 Å². The topological polar surface area (TPSA) is 55.8 Å². The molecule has 0 aliphatic carbocycles. The molecule has 0 fully saturated rings. The van der Waals surface area contributed by atoms with E-state index in [9.17, 15) is 9.90 Å². The third-order valence-electron chi connectivity index (χ3n) is 2.76. The van der Waals surface area contributed by atoms with Gasteiger partial charge in [0, 0.05) is 5.56 Å². The Morgan fingerprint density at radius 1 is 1.10 bits per heavy atom. The van der Waals surface area contributed by atoms with Crippen LogP contribution in [0.1, 0.15) is 12.0 Å². The maximum absolute atomic E-state index is 11.5. The van der Waals surface area contributed by atoms with E-state index in [2.05, 4.69) is 6.58 Å². The fraction of sp³-hybridized carbons (Fsp3) is 0.118. The van der Waals surface area contributed by atoms with Crippen molar-refractivity contribution in [2.45, 2.75) is 13.0 Å². The SMILES string of the molecule is C=CCC(=O)Oc1ccccc1OCc1ccccc1O. The summed E-state index contributed by atoms with van der Waals surface area (Å²) in [5.41, 5.74) is 0.657. The zero-order valence-electron chi connectivity index (χ0n) is 11.5. The van der Waals surface area contributed by atoms with Crippen LogP contribution in [0.25, 0.3) is 0 Å². The van der Waals surface area contributed by atoms with Crippen LogP contribution in [0.2, 0.25) is 0 Å². The van der Waals surface area contributed by atoms with Gasteiger partial charge in [0.15, 0.2) is 11.5 Å². The molecule has 2 rings (SSSR count). The number of carbonyl (C=O) groups is 1. The molecule has 0 aliphatic rings. The zero-order valence-corrected chi connectivity index (χ0v) is 11.5. The molecule has 0 atom stereocenters. The van der Waals surface area contributed by atoms with Crippen molar-refractivity contribution < 1.29 is 19.4 Å². The van der Waals surface area contributed by atoms with Gasteiger partial charge in [0.1, 0.15) is 12.4 Å². The van der Waals surface area contributed by atoms with Crippen molar-refractivity contribution in [3.05, 3.63) is 66.7 Å². The van der Waals surface area contributed by atoms with Gasteiger partial charge in [-0.2, -0.15) is 0 Å². The molecule has 2 aromatic carbocycles. The van der Waals surface area contributed by atoms with E-state index in [1.807, 2.05) is 6.07 Å². The standard InChI is InChI=1S/C17H16O4/c1-2-7-17(19)21-16-11-6-5-10-15(16)20-12-13-8-3-4-9-14(13)18/h2-6,8-11,18H,1,7,12H2. The van der Waals surface area contributed by atoms with Gasteiger partial charge >= 0.3 is 5.97 Å². The highest BCUT2D eigenvalue weighted by atomic mass is 16.6. The summed E-state index contributed by atoms with van der Waals surface area (Å²) >= 11 is 0. The smallest absolute Gasteiger partial charge is 0.315 e. The number of phenolic OH excluding ortho intramolecular Hbond substituents is 1. The number of rotatable bonds is 6. The summed E-state index contributed by atoms with van der Waals surface area (Å²) < 4.78 is 10.8. The minimum atomic E-state index is -0.399. The summed E-state index contributed by atoms with van der Waals surface area (Å²) in [5, 5.41) is 9.70. The van der Waals surface area contributed by atoms with Crippen molar-refractivity contribution >= 4 is 5.97 Å². The van der Waals surface area contributed by atoms with Crippen LogP contribution in [-0.4, -0.2) is 11.1 Å². The molecule has 0 saturated carbocycles. The molecule has 0 bridgehead atoms. The van der Waals surface area contributed by atoms with Gasteiger partial charge in [0.2, 0.25) is 0 Å². The average Bonchev–Trinajstić information content (AvgIpc) is 2.48. The van der Waals surface area contributed by atoms with Gasteiger partial charge in [-0.25, -0.2) is 0 Å². The number of hydrogen-bond acceptors (Lipinski definition) is 4. The van der Waals surface area contributed by atoms with Crippen LogP contribution in [0.5, 0.6) is 17.2 Å². The second kappa shape index (κ2) is 7.14. The molecule has 0 amide bonds. The van der Waals surface area contributed by atoms with Crippen LogP contribution < -0.4 is 9.47 Å². The van der Waals surface area contributed by atoms with Crippen molar-refractivity contribution in [1.29, 1.82) is 0 Å². The van der Waals surface area contributed by atoms with Gasteiger partial charge in [-0.05, 0) is 18.2 Å². The Balaban J connectivity index is 2.08. The number of benzene rings is 2. The van der Waals surface area contributed by atoms with Gasteiger partial charge < -0.3 is 14.6 Å². The van der Waals surface area contributed by atoms with Crippen LogP contribution in [0.4, 0.5) is 0 Å². The highest BCUT2D eigenvalue weighted by Gasteiger charge is 2.09. The second-order valence-electron chi connectivity index (χ2n) is 4.33. The third-order valence-corrected chi connectivity index (χ3v) is 2.76. The molecular formula is C17H16O4. The predicted molar refractivity (Wildman–Crippen MR) is 79.3 cm³/mol. The fourth-order valence-corrected chi connectivity index (χ4v) is 1.72. The number of ether oxygens (including phenoxy) is 2. The first-order valence-electron chi connectivity index (χ1n) is 6.51. The van der Waals surface area contributed by atoms with Crippen LogP contribution >= 0.6 is 0 Å². The molecule has 0 aliphatic heterocycles. The normalized spacial score (nSPS) is 9.90. The van der Waals surface area contributed by atoms with Crippen LogP contribution in [0.15, 0.2) is 61.2 Å². The lowest BCUT2D eigenvalue weighted by atomic mass is 10.2. The maximum Gasteiger partial charge on any atom is 0.315 e. The Labute approximate surface area is 123 Å². The van der Waals surface area contributed by atoms with Crippen LogP contribution in [0, 0.1) is 0 Å². The molecule has 0 heterocycles. The van der Waals surface area contributed by atoms with E-state index in [1.54, 1.807) is 42.5 Å². The largest absolute Gasteiger partial charge is 0.508 e. The van der Waals surface area contributed by atoms with Crippen molar-refractivity contribution in [2.75, 3.05) is 0 Å². The molecule has 0 radical (unpaired) electrons. The van der Waals surface area contributed by atoms with Crippen molar-refractivity contribution in [3.63, 3.8) is 0 Å². The highest BCUT2D eigenvalue weighted by Crippen LogP contribution is 2.28. The summed E-state index contributed by atoms with van der Waals surface area (Å²) in [6.07, 6.45) is 1.61. The molecule has 0 spiro atoms. The van der Waals surface area contributed by atoms with Crippen LogP contribution in [-0.2, 0) is 11.4 Å². The third kappa shape index (κ3) is 4.11. The minimum Gasteiger partial charge on any atom is -0.508 e. The summed E-state index contributed by atoms with van der Waals surface area (Å²) in [5.74, 6) is 0.556. The molecule has 4 nitrogen and oxygen atoms in total. The Hall–Kier alpha value is -2.75. The van der Waals surface area contributed by atoms with Crippen molar-refractivity contribution in [2.24, 2.45) is 0 Å². The fourth-order valence-electron chi connectivity index (χ4n) is 1.72. The van der Waals surface area contributed by atoms with E-state index in [1.165, 1.54) is 6.08 Å². The van der Waals surface area contributed by atoms with Gasteiger partial charge in [0.05, 0.1) is 6.42 Å². The molecule has 0 aromatic heterocycles. The van der Waals surface area contributed by atoms with E-state index in [4.69, 9.17) is 9.47 Å². The lowest BCUT2D eigenvalue weighted by Crippen LogP contribution is -2.07. The lowest BCUT2D eigenvalue weighted by Gasteiger charge is -2.11. The van der Waals surface area contributed by atoms with Crippen molar-refractivity contribution in [1.82, 2.24) is 0 Å². The van der Waals surface area contributed by atoms with E-state index < -0.39 is 5.97 Å². The number of hydrogen-bond donors (Lipinski definition) is 1. The first kappa shape index (κ1) is 14.7. The number of esters is 1. The molecule has 0 unspecified atom stereocenters.